The molecule has 1 saturated heterocycles. The first-order valence-corrected chi connectivity index (χ1v) is 10.3. The Morgan fingerprint density at radius 2 is 1.90 bits per heavy atom. The first kappa shape index (κ1) is 20.0. The fourth-order valence-electron chi connectivity index (χ4n) is 4.25. The summed E-state index contributed by atoms with van der Waals surface area (Å²) in [4.78, 5) is 14.3. The molecule has 1 aliphatic heterocycles. The zero-order valence-corrected chi connectivity index (χ0v) is 16.9. The van der Waals surface area contributed by atoms with E-state index in [1.165, 1.54) is 0 Å². The Balaban J connectivity index is 1.52. The molecule has 1 amide bonds. The summed E-state index contributed by atoms with van der Waals surface area (Å²) in [6.07, 6.45) is 2.83. The fourth-order valence-corrected chi connectivity index (χ4v) is 4.25. The molecule has 1 N–H and O–H groups in total. The number of rotatable bonds is 4. The number of aliphatic hydroxyl groups is 1. The van der Waals surface area contributed by atoms with Crippen molar-refractivity contribution in [2.24, 2.45) is 5.92 Å². The Morgan fingerprint density at radius 1 is 1.17 bits per heavy atom. The van der Waals surface area contributed by atoms with Crippen LogP contribution in [-0.4, -0.2) is 41.7 Å². The Hall–Kier alpha value is -3.28. The van der Waals surface area contributed by atoms with E-state index in [-0.39, 0.29) is 30.4 Å². The van der Waals surface area contributed by atoms with Gasteiger partial charge < -0.3 is 14.7 Å². The lowest BCUT2D eigenvalue weighted by Crippen LogP contribution is -2.66. The number of amides is 1. The number of para-hydroxylation sites is 1. The normalized spacial score (nSPS) is 22.7. The molecular weight excluding hydrogens is 376 g/mol. The number of ether oxygens (including phenoxy) is 1. The monoisotopic (exact) mass is 400 g/mol. The Labute approximate surface area is 176 Å². The van der Waals surface area contributed by atoms with Crippen molar-refractivity contribution in [2.75, 3.05) is 13.7 Å². The summed E-state index contributed by atoms with van der Waals surface area (Å²) in [5.74, 6) is 6.84. The zero-order valence-electron chi connectivity index (χ0n) is 16.9. The minimum absolute atomic E-state index is 0.0161. The lowest BCUT2D eigenvalue weighted by molar-refractivity contribution is -0.154. The van der Waals surface area contributed by atoms with E-state index >= 15 is 0 Å². The molecular formula is C25H24N2O3. The van der Waals surface area contributed by atoms with Crippen LogP contribution in [0.5, 0.6) is 5.75 Å². The van der Waals surface area contributed by atoms with Gasteiger partial charge >= 0.3 is 0 Å². The van der Waals surface area contributed by atoms with Gasteiger partial charge in [-0.3, -0.25) is 4.79 Å². The molecule has 2 aliphatic rings. The van der Waals surface area contributed by atoms with Gasteiger partial charge in [-0.25, -0.2) is 0 Å². The van der Waals surface area contributed by atoms with Crippen LogP contribution in [0.3, 0.4) is 0 Å². The molecule has 1 heterocycles. The average molecular weight is 400 g/mol. The summed E-state index contributed by atoms with van der Waals surface area (Å²) in [5.41, 5.74) is 2.61. The molecule has 3 atom stereocenters. The van der Waals surface area contributed by atoms with Crippen LogP contribution in [0.2, 0.25) is 0 Å². The highest BCUT2D eigenvalue weighted by atomic mass is 16.5. The maximum Gasteiger partial charge on any atom is 0.227 e. The number of nitrogens with zero attached hydrogens (tertiary/aromatic N) is 2. The molecule has 2 aromatic carbocycles. The van der Waals surface area contributed by atoms with E-state index in [2.05, 4.69) is 17.9 Å². The quantitative estimate of drug-likeness (QED) is 0.801. The third-order valence-electron chi connectivity index (χ3n) is 6.18. The lowest BCUT2D eigenvalue weighted by atomic mass is 9.73. The standard InChI is InChI=1S/C25H24N2O3/c1-30-23-8-3-2-5-18(23)12-9-17-10-13-19(14-11-17)24-21(15-26)27(22(24)16-28)25(29)20-6-4-7-20/h2-3,5,8,10-11,13-14,20-22,24,28H,4,6-7,16H2,1H3/t21-,22-,24+/m0/s1. The smallest absolute Gasteiger partial charge is 0.227 e. The molecule has 2 fully saturated rings. The number of carbonyl (C=O) groups is 1. The molecule has 0 unspecified atom stereocenters. The molecule has 0 spiro atoms. The van der Waals surface area contributed by atoms with Crippen molar-refractivity contribution < 1.29 is 14.6 Å². The molecule has 5 heteroatoms. The van der Waals surface area contributed by atoms with E-state index in [0.29, 0.717) is 0 Å². The average Bonchev–Trinajstić information content (AvgIpc) is 2.72. The third kappa shape index (κ3) is 3.54. The van der Waals surface area contributed by atoms with E-state index in [1.807, 2.05) is 48.5 Å². The Kier molecular flexibility index (Phi) is 5.74. The summed E-state index contributed by atoms with van der Waals surface area (Å²) in [5, 5.41) is 19.6. The van der Waals surface area contributed by atoms with Crippen molar-refractivity contribution in [2.45, 2.75) is 37.3 Å². The number of benzene rings is 2. The van der Waals surface area contributed by atoms with Crippen molar-refractivity contribution in [1.82, 2.24) is 4.90 Å². The molecule has 1 saturated carbocycles. The second-order valence-electron chi connectivity index (χ2n) is 7.80. The number of nitriles is 1. The number of hydrogen-bond donors (Lipinski definition) is 1. The highest BCUT2D eigenvalue weighted by Gasteiger charge is 2.53. The molecule has 0 bridgehead atoms. The van der Waals surface area contributed by atoms with Crippen LogP contribution in [0.15, 0.2) is 48.5 Å². The summed E-state index contributed by atoms with van der Waals surface area (Å²) >= 11 is 0. The third-order valence-corrected chi connectivity index (χ3v) is 6.18. The Bertz CT molecular complexity index is 1020. The number of aliphatic hydroxyl groups excluding tert-OH is 1. The van der Waals surface area contributed by atoms with Crippen LogP contribution in [0.25, 0.3) is 0 Å². The van der Waals surface area contributed by atoms with Gasteiger partial charge in [-0.15, -0.1) is 0 Å². The summed E-state index contributed by atoms with van der Waals surface area (Å²) < 4.78 is 5.32. The van der Waals surface area contributed by atoms with Crippen molar-refractivity contribution in [3.05, 3.63) is 65.2 Å². The molecule has 5 nitrogen and oxygen atoms in total. The van der Waals surface area contributed by atoms with Crippen LogP contribution in [-0.2, 0) is 4.79 Å². The second-order valence-corrected chi connectivity index (χ2v) is 7.80. The van der Waals surface area contributed by atoms with E-state index in [9.17, 15) is 15.2 Å². The van der Waals surface area contributed by atoms with Gasteiger partial charge in [0.05, 0.1) is 31.4 Å². The number of hydrogen-bond acceptors (Lipinski definition) is 4. The van der Waals surface area contributed by atoms with Gasteiger partial charge in [0.15, 0.2) is 0 Å². The van der Waals surface area contributed by atoms with Crippen LogP contribution in [0, 0.1) is 29.1 Å². The van der Waals surface area contributed by atoms with E-state index in [1.54, 1.807) is 12.0 Å². The second kappa shape index (κ2) is 8.61. The highest BCUT2D eigenvalue weighted by Crippen LogP contribution is 2.43. The lowest BCUT2D eigenvalue weighted by Gasteiger charge is -2.53. The first-order chi connectivity index (χ1) is 14.7. The largest absolute Gasteiger partial charge is 0.495 e. The van der Waals surface area contributed by atoms with E-state index in [4.69, 9.17) is 4.74 Å². The Morgan fingerprint density at radius 3 is 2.50 bits per heavy atom. The number of carbonyl (C=O) groups excluding carboxylic acids is 1. The summed E-state index contributed by atoms with van der Waals surface area (Å²) in [7, 11) is 1.62. The van der Waals surface area contributed by atoms with Gasteiger partial charge in [-0.2, -0.15) is 5.26 Å². The molecule has 0 aromatic heterocycles. The van der Waals surface area contributed by atoms with Crippen LogP contribution in [0.4, 0.5) is 0 Å². The molecule has 30 heavy (non-hydrogen) atoms. The SMILES string of the molecule is COc1ccccc1C#Cc1ccc([C@@H]2[C@H](C#N)N(C(=O)C3CCC3)[C@H]2CO)cc1. The van der Waals surface area contributed by atoms with Crippen LogP contribution in [0.1, 0.15) is 41.9 Å². The van der Waals surface area contributed by atoms with Gasteiger partial charge in [-0.1, -0.05) is 42.5 Å². The van der Waals surface area contributed by atoms with Gasteiger partial charge in [0.2, 0.25) is 5.91 Å². The number of likely N-dealkylation sites (tertiary alicyclic amines) is 1. The van der Waals surface area contributed by atoms with Crippen molar-refractivity contribution in [3.63, 3.8) is 0 Å². The minimum Gasteiger partial charge on any atom is -0.495 e. The van der Waals surface area contributed by atoms with Crippen molar-refractivity contribution >= 4 is 5.91 Å². The predicted molar refractivity (Wildman–Crippen MR) is 113 cm³/mol. The van der Waals surface area contributed by atoms with E-state index < -0.39 is 6.04 Å². The van der Waals surface area contributed by atoms with Gasteiger partial charge in [0.25, 0.3) is 0 Å². The van der Waals surface area contributed by atoms with Gasteiger partial charge in [-0.05, 0) is 42.7 Å². The highest BCUT2D eigenvalue weighted by molar-refractivity contribution is 5.82. The molecule has 152 valence electrons. The van der Waals surface area contributed by atoms with E-state index in [0.717, 1.165) is 41.7 Å². The van der Waals surface area contributed by atoms with Crippen molar-refractivity contribution in [1.29, 1.82) is 5.26 Å². The topological polar surface area (TPSA) is 73.6 Å². The van der Waals surface area contributed by atoms with Gasteiger partial charge in [0.1, 0.15) is 11.8 Å². The molecule has 4 rings (SSSR count). The summed E-state index contributed by atoms with van der Waals surface area (Å²) in [6, 6.07) is 16.7. The number of methoxy groups -OCH3 is 1. The molecule has 0 radical (unpaired) electrons. The van der Waals surface area contributed by atoms with Crippen molar-refractivity contribution in [3.8, 4) is 23.7 Å². The fraction of sp³-hybridized carbons (Fsp3) is 0.360. The first-order valence-electron chi connectivity index (χ1n) is 10.3. The van der Waals surface area contributed by atoms with Crippen LogP contribution < -0.4 is 4.74 Å². The minimum atomic E-state index is -0.527. The molecule has 2 aromatic rings. The van der Waals surface area contributed by atoms with Gasteiger partial charge in [0, 0.05) is 17.4 Å². The van der Waals surface area contributed by atoms with Crippen LogP contribution >= 0.6 is 0 Å². The summed E-state index contributed by atoms with van der Waals surface area (Å²) in [6.45, 7) is -0.142. The maximum atomic E-state index is 12.7. The maximum absolute atomic E-state index is 12.7. The predicted octanol–water partition coefficient (Wildman–Crippen LogP) is 3.07. The molecule has 1 aliphatic carbocycles. The zero-order chi connectivity index (χ0) is 21.1.